The molecule has 4 nitrogen and oxygen atoms in total. The monoisotopic (exact) mass is 479 g/mol. The van der Waals surface area contributed by atoms with Crippen LogP contribution in [0.4, 0.5) is 0 Å². The summed E-state index contributed by atoms with van der Waals surface area (Å²) in [7, 11) is 0. The summed E-state index contributed by atoms with van der Waals surface area (Å²) in [6.07, 6.45) is 13.8. The number of hydrogen-bond donors (Lipinski definition) is 1. The van der Waals surface area contributed by atoms with Crippen molar-refractivity contribution in [2.45, 2.75) is 112 Å². The van der Waals surface area contributed by atoms with E-state index in [0.717, 1.165) is 50.7 Å². The van der Waals surface area contributed by atoms with Gasteiger partial charge in [0.25, 0.3) is 0 Å². The van der Waals surface area contributed by atoms with Crippen LogP contribution in [0.25, 0.3) is 0 Å². The standard InChI is InChI=1S/C31H45NO3/c1-26(2)12-14-31(25(33)34)15-13-29(6)20(21(31)17-26)8-9-23-28(5)16-19-18-32-35-24(19)27(3,4)22(28)10-11-30(23,29)7/h8,18,21-23H,9-17H2,1-7H3,(H,33,34)/t21-,22+,23+,28-,29+,30+,31-/m0/s1. The Kier molecular flexibility index (Phi) is 4.65. The van der Waals surface area contributed by atoms with E-state index in [1.54, 1.807) is 0 Å². The zero-order valence-electron chi connectivity index (χ0n) is 23.0. The predicted octanol–water partition coefficient (Wildman–Crippen LogP) is 7.57. The molecule has 0 aliphatic heterocycles. The van der Waals surface area contributed by atoms with Gasteiger partial charge in [-0.25, -0.2) is 0 Å². The van der Waals surface area contributed by atoms with Crippen molar-refractivity contribution in [3.05, 3.63) is 29.2 Å². The van der Waals surface area contributed by atoms with Crippen molar-refractivity contribution in [3.8, 4) is 0 Å². The third-order valence-electron chi connectivity index (χ3n) is 13.0. The molecule has 1 N–H and O–H groups in total. The Morgan fingerprint density at radius 3 is 2.43 bits per heavy atom. The lowest BCUT2D eigenvalue weighted by atomic mass is 9.34. The van der Waals surface area contributed by atoms with Gasteiger partial charge in [-0.3, -0.25) is 4.79 Å². The van der Waals surface area contributed by atoms with Crippen molar-refractivity contribution < 1.29 is 14.4 Å². The fourth-order valence-corrected chi connectivity index (χ4v) is 10.9. The molecular formula is C31H45NO3. The van der Waals surface area contributed by atoms with Gasteiger partial charge in [-0.1, -0.05) is 65.3 Å². The first-order valence-corrected chi connectivity index (χ1v) is 14.1. The van der Waals surface area contributed by atoms with E-state index in [2.05, 4.69) is 59.7 Å². The molecule has 6 rings (SSSR count). The van der Waals surface area contributed by atoms with Gasteiger partial charge < -0.3 is 9.63 Å². The molecule has 5 aliphatic rings. The van der Waals surface area contributed by atoms with Crippen LogP contribution in [0, 0.1) is 44.8 Å². The number of rotatable bonds is 1. The number of fused-ring (bicyclic) bond motifs is 8. The van der Waals surface area contributed by atoms with Crippen LogP contribution < -0.4 is 0 Å². The van der Waals surface area contributed by atoms with Gasteiger partial charge in [0.15, 0.2) is 0 Å². The topological polar surface area (TPSA) is 63.3 Å². The zero-order valence-corrected chi connectivity index (χ0v) is 23.0. The molecule has 1 heterocycles. The molecule has 0 radical (unpaired) electrons. The first-order chi connectivity index (χ1) is 16.2. The summed E-state index contributed by atoms with van der Waals surface area (Å²) in [5.74, 6) is 1.90. The van der Waals surface area contributed by atoms with Crippen molar-refractivity contribution in [3.63, 3.8) is 0 Å². The number of aliphatic carboxylic acids is 1. The number of carbonyl (C=O) groups is 1. The fraction of sp³-hybridized carbons (Fsp3) is 0.806. The molecule has 0 amide bonds. The molecule has 3 saturated carbocycles. The number of hydrogen-bond acceptors (Lipinski definition) is 3. The van der Waals surface area contributed by atoms with Gasteiger partial charge in [-0.15, -0.1) is 0 Å². The minimum absolute atomic E-state index is 0.0104. The highest BCUT2D eigenvalue weighted by molar-refractivity contribution is 5.76. The number of allylic oxidation sites excluding steroid dienone is 2. The smallest absolute Gasteiger partial charge is 0.310 e. The highest BCUT2D eigenvalue weighted by Gasteiger charge is 2.69. The Labute approximate surface area is 211 Å². The summed E-state index contributed by atoms with van der Waals surface area (Å²) in [6.45, 7) is 17.1. The Morgan fingerprint density at radius 1 is 1.00 bits per heavy atom. The summed E-state index contributed by atoms with van der Waals surface area (Å²) < 4.78 is 5.83. The van der Waals surface area contributed by atoms with Crippen LogP contribution in [0.5, 0.6) is 0 Å². The average Bonchev–Trinajstić information content (AvgIpc) is 3.22. The van der Waals surface area contributed by atoms with E-state index >= 15 is 0 Å². The largest absolute Gasteiger partial charge is 0.481 e. The number of nitrogens with zero attached hydrogens (tertiary/aromatic N) is 1. The second-order valence-corrected chi connectivity index (χ2v) is 15.3. The van der Waals surface area contributed by atoms with Gasteiger partial charge in [0, 0.05) is 11.0 Å². The van der Waals surface area contributed by atoms with Crippen LogP contribution in [-0.2, 0) is 16.6 Å². The van der Waals surface area contributed by atoms with Crippen molar-refractivity contribution in [2.24, 2.45) is 44.8 Å². The minimum Gasteiger partial charge on any atom is -0.481 e. The Balaban J connectivity index is 1.47. The van der Waals surface area contributed by atoms with E-state index in [1.165, 1.54) is 24.0 Å². The molecule has 1 aromatic heterocycles. The van der Waals surface area contributed by atoms with E-state index in [4.69, 9.17) is 4.52 Å². The van der Waals surface area contributed by atoms with Gasteiger partial charge >= 0.3 is 5.97 Å². The van der Waals surface area contributed by atoms with Crippen LogP contribution in [-0.4, -0.2) is 16.2 Å². The summed E-state index contributed by atoms with van der Waals surface area (Å²) >= 11 is 0. The van der Waals surface area contributed by atoms with E-state index in [9.17, 15) is 9.90 Å². The van der Waals surface area contributed by atoms with Crippen LogP contribution in [0.2, 0.25) is 0 Å². The third kappa shape index (κ3) is 2.75. The van der Waals surface area contributed by atoms with Crippen LogP contribution in [0.3, 0.4) is 0 Å². The number of carboxylic acid groups (broad SMARTS) is 1. The summed E-state index contributed by atoms with van der Waals surface area (Å²) in [4.78, 5) is 12.8. The molecule has 4 heteroatoms. The number of aromatic nitrogens is 1. The molecule has 3 fully saturated rings. The third-order valence-corrected chi connectivity index (χ3v) is 13.0. The fourth-order valence-electron chi connectivity index (χ4n) is 10.9. The first-order valence-electron chi connectivity index (χ1n) is 14.1. The summed E-state index contributed by atoms with van der Waals surface area (Å²) in [5, 5.41) is 14.8. The molecule has 0 saturated heterocycles. The maximum absolute atomic E-state index is 12.8. The maximum atomic E-state index is 12.8. The molecule has 0 aromatic carbocycles. The van der Waals surface area contributed by atoms with Crippen molar-refractivity contribution in [2.75, 3.05) is 0 Å². The van der Waals surface area contributed by atoms with Crippen molar-refractivity contribution in [1.82, 2.24) is 5.16 Å². The predicted molar refractivity (Wildman–Crippen MR) is 137 cm³/mol. The van der Waals surface area contributed by atoms with Gasteiger partial charge in [-0.2, -0.15) is 0 Å². The minimum atomic E-state index is -0.560. The van der Waals surface area contributed by atoms with E-state index in [1.807, 2.05) is 6.20 Å². The molecule has 7 atom stereocenters. The lowest BCUT2D eigenvalue weighted by molar-refractivity contribution is -0.177. The Bertz CT molecular complexity index is 1110. The molecule has 5 aliphatic carbocycles. The first kappa shape index (κ1) is 23.8. The lowest BCUT2D eigenvalue weighted by Gasteiger charge is -2.70. The zero-order chi connectivity index (χ0) is 25.2. The van der Waals surface area contributed by atoms with Gasteiger partial charge in [0.05, 0.1) is 11.6 Å². The van der Waals surface area contributed by atoms with Crippen LogP contribution >= 0.6 is 0 Å². The Hall–Kier alpha value is -1.58. The van der Waals surface area contributed by atoms with Gasteiger partial charge in [0.2, 0.25) is 0 Å². The lowest BCUT2D eigenvalue weighted by Crippen LogP contribution is -2.64. The Morgan fingerprint density at radius 2 is 1.71 bits per heavy atom. The van der Waals surface area contributed by atoms with Crippen LogP contribution in [0.1, 0.15) is 111 Å². The second-order valence-electron chi connectivity index (χ2n) is 15.3. The molecule has 1 aromatic rings. The molecule has 0 unspecified atom stereocenters. The summed E-state index contributed by atoms with van der Waals surface area (Å²) in [6, 6.07) is 0. The van der Waals surface area contributed by atoms with Crippen LogP contribution in [0.15, 0.2) is 22.4 Å². The molecule has 192 valence electrons. The molecule has 35 heavy (non-hydrogen) atoms. The maximum Gasteiger partial charge on any atom is 0.310 e. The van der Waals surface area contributed by atoms with E-state index < -0.39 is 11.4 Å². The highest BCUT2D eigenvalue weighted by Crippen LogP contribution is 2.75. The van der Waals surface area contributed by atoms with Crippen molar-refractivity contribution in [1.29, 1.82) is 0 Å². The van der Waals surface area contributed by atoms with Gasteiger partial charge in [0.1, 0.15) is 5.76 Å². The normalized spacial score (nSPS) is 47.3. The number of carboxylic acids is 1. The van der Waals surface area contributed by atoms with Gasteiger partial charge in [-0.05, 0) is 97.2 Å². The quantitative estimate of drug-likeness (QED) is 0.422. The molecule has 0 spiro atoms. The highest BCUT2D eigenvalue weighted by atomic mass is 16.5. The van der Waals surface area contributed by atoms with E-state index in [0.29, 0.717) is 11.8 Å². The second kappa shape index (κ2) is 6.84. The molecule has 0 bridgehead atoms. The average molecular weight is 480 g/mol. The van der Waals surface area contributed by atoms with Crippen molar-refractivity contribution >= 4 is 5.97 Å². The van der Waals surface area contributed by atoms with E-state index in [-0.39, 0.29) is 33.0 Å². The molecular weight excluding hydrogens is 434 g/mol. The SMILES string of the molecule is CC1(C)CC[C@]2(C(=O)O)CC[C@]3(C)C(=CC[C@@H]4[C@@]5(C)Cc6cnoc6C(C)(C)[C@H]5CC[C@]43C)[C@@H]2C1. The summed E-state index contributed by atoms with van der Waals surface area (Å²) in [5.41, 5.74) is 2.90.